The molecule has 1 heteroatoms. The lowest BCUT2D eigenvalue weighted by Crippen LogP contribution is -1.89. The molecule has 7 aromatic carbocycles. The fourth-order valence-corrected chi connectivity index (χ4v) is 5.86. The average Bonchev–Trinajstić information content (AvgIpc) is 3.31. The monoisotopic (exact) mass is 444 g/mol. The van der Waals surface area contributed by atoms with E-state index in [1.54, 1.807) is 0 Å². The molecule has 0 saturated carbocycles. The van der Waals surface area contributed by atoms with Crippen molar-refractivity contribution >= 4 is 54.3 Å². The SMILES string of the molecule is c1ccc(-c2ccc3ccc4ccc(-c5cccc6c5oc5ccccc56)c5ccc2c3c45)cc1. The zero-order chi connectivity index (χ0) is 22.9. The Balaban J connectivity index is 1.49. The number of hydrogen-bond acceptors (Lipinski definition) is 1. The number of hydrogen-bond donors (Lipinski definition) is 0. The van der Waals surface area contributed by atoms with E-state index in [0.717, 1.165) is 27.5 Å². The van der Waals surface area contributed by atoms with Gasteiger partial charge in [0.2, 0.25) is 0 Å². The van der Waals surface area contributed by atoms with Crippen LogP contribution in [-0.2, 0) is 0 Å². The number of para-hydroxylation sites is 2. The predicted octanol–water partition coefficient (Wildman–Crippen LogP) is 9.82. The molecule has 0 amide bonds. The van der Waals surface area contributed by atoms with Crippen molar-refractivity contribution in [3.05, 3.63) is 121 Å². The number of benzene rings is 7. The van der Waals surface area contributed by atoms with Gasteiger partial charge in [-0.15, -0.1) is 0 Å². The molecule has 0 radical (unpaired) electrons. The van der Waals surface area contributed by atoms with Crippen LogP contribution in [0.4, 0.5) is 0 Å². The van der Waals surface area contributed by atoms with Crippen LogP contribution in [0.1, 0.15) is 0 Å². The predicted molar refractivity (Wildman–Crippen MR) is 148 cm³/mol. The molecule has 0 bridgehead atoms. The quantitative estimate of drug-likeness (QED) is 0.242. The second-order valence-electron chi connectivity index (χ2n) is 9.30. The first-order valence-electron chi connectivity index (χ1n) is 12.0. The highest BCUT2D eigenvalue weighted by molar-refractivity contribution is 6.28. The summed E-state index contributed by atoms with van der Waals surface area (Å²) < 4.78 is 6.41. The lowest BCUT2D eigenvalue weighted by Gasteiger charge is -2.16. The molecule has 0 aliphatic carbocycles. The van der Waals surface area contributed by atoms with Crippen LogP contribution in [0.25, 0.3) is 76.5 Å². The Morgan fingerprint density at radius 1 is 0.371 bits per heavy atom. The van der Waals surface area contributed by atoms with Gasteiger partial charge in [-0.2, -0.15) is 0 Å². The van der Waals surface area contributed by atoms with Crippen molar-refractivity contribution in [3.63, 3.8) is 0 Å². The Morgan fingerprint density at radius 2 is 1.00 bits per heavy atom. The van der Waals surface area contributed by atoms with Gasteiger partial charge < -0.3 is 4.42 Å². The van der Waals surface area contributed by atoms with Crippen LogP contribution in [0, 0.1) is 0 Å². The van der Waals surface area contributed by atoms with Gasteiger partial charge in [0, 0.05) is 16.3 Å². The number of furan rings is 1. The van der Waals surface area contributed by atoms with E-state index in [0.29, 0.717) is 0 Å². The van der Waals surface area contributed by atoms with Crippen LogP contribution >= 0.6 is 0 Å². The molecule has 1 heterocycles. The second kappa shape index (κ2) is 6.94. The van der Waals surface area contributed by atoms with Crippen molar-refractivity contribution in [2.75, 3.05) is 0 Å². The van der Waals surface area contributed by atoms with Crippen LogP contribution in [0.2, 0.25) is 0 Å². The van der Waals surface area contributed by atoms with E-state index >= 15 is 0 Å². The van der Waals surface area contributed by atoms with Gasteiger partial charge in [-0.25, -0.2) is 0 Å². The molecule has 0 fully saturated rings. The molecule has 0 aliphatic heterocycles. The van der Waals surface area contributed by atoms with E-state index in [9.17, 15) is 0 Å². The van der Waals surface area contributed by atoms with Gasteiger partial charge in [-0.3, -0.25) is 0 Å². The van der Waals surface area contributed by atoms with E-state index in [1.807, 2.05) is 12.1 Å². The van der Waals surface area contributed by atoms with Crippen LogP contribution in [0.3, 0.4) is 0 Å². The molecule has 1 aromatic heterocycles. The van der Waals surface area contributed by atoms with Gasteiger partial charge in [0.05, 0.1) is 0 Å². The third-order valence-electron chi connectivity index (χ3n) is 7.44. The van der Waals surface area contributed by atoms with Crippen molar-refractivity contribution in [2.45, 2.75) is 0 Å². The van der Waals surface area contributed by atoms with Crippen molar-refractivity contribution < 1.29 is 4.42 Å². The van der Waals surface area contributed by atoms with Gasteiger partial charge in [-0.1, -0.05) is 115 Å². The molecule has 0 aliphatic rings. The summed E-state index contributed by atoms with van der Waals surface area (Å²) in [6.07, 6.45) is 0. The maximum absolute atomic E-state index is 6.41. The summed E-state index contributed by atoms with van der Waals surface area (Å²) in [6.45, 7) is 0. The van der Waals surface area contributed by atoms with Gasteiger partial charge in [0.1, 0.15) is 11.2 Å². The summed E-state index contributed by atoms with van der Waals surface area (Å²) in [4.78, 5) is 0. The molecular weight excluding hydrogens is 424 g/mol. The molecule has 0 spiro atoms. The summed E-state index contributed by atoms with van der Waals surface area (Å²) in [5, 5.41) is 10.1. The van der Waals surface area contributed by atoms with Crippen LogP contribution in [0.15, 0.2) is 126 Å². The van der Waals surface area contributed by atoms with Crippen LogP contribution in [0.5, 0.6) is 0 Å². The van der Waals surface area contributed by atoms with Gasteiger partial charge in [-0.05, 0) is 55.1 Å². The van der Waals surface area contributed by atoms with Crippen molar-refractivity contribution in [3.8, 4) is 22.3 Å². The molecule has 35 heavy (non-hydrogen) atoms. The Bertz CT molecular complexity index is 2040. The highest BCUT2D eigenvalue weighted by Crippen LogP contribution is 2.44. The molecule has 0 saturated heterocycles. The van der Waals surface area contributed by atoms with Gasteiger partial charge in [0.25, 0.3) is 0 Å². The summed E-state index contributed by atoms with van der Waals surface area (Å²) in [5.41, 5.74) is 6.76. The van der Waals surface area contributed by atoms with Gasteiger partial charge >= 0.3 is 0 Å². The molecule has 0 unspecified atom stereocenters. The van der Waals surface area contributed by atoms with Crippen molar-refractivity contribution in [1.82, 2.24) is 0 Å². The summed E-state index contributed by atoms with van der Waals surface area (Å²) in [6, 6.07) is 43.6. The summed E-state index contributed by atoms with van der Waals surface area (Å²) >= 11 is 0. The fourth-order valence-electron chi connectivity index (χ4n) is 5.86. The van der Waals surface area contributed by atoms with Crippen LogP contribution < -0.4 is 0 Å². The van der Waals surface area contributed by atoms with E-state index < -0.39 is 0 Å². The largest absolute Gasteiger partial charge is 0.455 e. The highest BCUT2D eigenvalue weighted by Gasteiger charge is 2.17. The third-order valence-corrected chi connectivity index (χ3v) is 7.44. The first kappa shape index (κ1) is 18.8. The maximum atomic E-state index is 6.41. The highest BCUT2D eigenvalue weighted by atomic mass is 16.3. The van der Waals surface area contributed by atoms with E-state index in [-0.39, 0.29) is 0 Å². The standard InChI is InChI=1S/C34H20O/c1-2-7-21(8-3-1)24-17-15-22-13-14-23-16-18-25(28-20-19-27(24)32(22)33(23)28)29-10-6-11-30-26-9-4-5-12-31(26)35-34(29)30/h1-20H. The minimum absolute atomic E-state index is 0.931. The molecule has 0 atom stereocenters. The van der Waals surface area contributed by atoms with Crippen molar-refractivity contribution in [1.29, 1.82) is 0 Å². The zero-order valence-corrected chi connectivity index (χ0v) is 19.0. The van der Waals surface area contributed by atoms with E-state index in [1.165, 1.54) is 49.0 Å². The Kier molecular flexibility index (Phi) is 3.72. The van der Waals surface area contributed by atoms with Crippen molar-refractivity contribution in [2.24, 2.45) is 0 Å². The lowest BCUT2D eigenvalue weighted by atomic mass is 9.87. The minimum atomic E-state index is 0.931. The van der Waals surface area contributed by atoms with Crippen LogP contribution in [-0.4, -0.2) is 0 Å². The molecule has 0 N–H and O–H groups in total. The summed E-state index contributed by atoms with van der Waals surface area (Å²) in [5.74, 6) is 0. The molecule has 162 valence electrons. The lowest BCUT2D eigenvalue weighted by molar-refractivity contribution is 0.670. The Hall–Kier alpha value is -4.62. The normalized spacial score (nSPS) is 12.0. The molecule has 1 nitrogen and oxygen atoms in total. The maximum Gasteiger partial charge on any atom is 0.143 e. The topological polar surface area (TPSA) is 13.1 Å². The first-order chi connectivity index (χ1) is 17.4. The average molecular weight is 445 g/mol. The minimum Gasteiger partial charge on any atom is -0.455 e. The smallest absolute Gasteiger partial charge is 0.143 e. The Morgan fingerprint density at radius 3 is 1.80 bits per heavy atom. The zero-order valence-electron chi connectivity index (χ0n) is 19.0. The fraction of sp³-hybridized carbons (Fsp3) is 0. The molecule has 8 aromatic rings. The Labute approximate surface area is 202 Å². The summed E-state index contributed by atoms with van der Waals surface area (Å²) in [7, 11) is 0. The second-order valence-corrected chi connectivity index (χ2v) is 9.30. The van der Waals surface area contributed by atoms with E-state index in [4.69, 9.17) is 4.42 Å². The first-order valence-corrected chi connectivity index (χ1v) is 12.0. The third kappa shape index (κ3) is 2.58. The molecule has 8 rings (SSSR count). The van der Waals surface area contributed by atoms with E-state index in [2.05, 4.69) is 109 Å². The molecular formula is C34H20O. The number of rotatable bonds is 2. The van der Waals surface area contributed by atoms with Gasteiger partial charge in [0.15, 0.2) is 0 Å². The number of fused-ring (bicyclic) bond motifs is 3.